The molecule has 0 heterocycles. The average molecular weight is 288 g/mol. The summed E-state index contributed by atoms with van der Waals surface area (Å²) in [6, 6.07) is 10.6. The van der Waals surface area contributed by atoms with Gasteiger partial charge in [0.2, 0.25) is 0 Å². The number of likely N-dealkylation sites (N-methyl/N-ethyl adjacent to an activating group) is 2. The van der Waals surface area contributed by atoms with Crippen molar-refractivity contribution >= 4 is 5.84 Å². The van der Waals surface area contributed by atoms with E-state index in [1.54, 1.807) is 0 Å². The lowest BCUT2D eigenvalue weighted by Gasteiger charge is -2.50. The second-order valence-electron chi connectivity index (χ2n) is 6.54. The van der Waals surface area contributed by atoms with Crippen LogP contribution in [-0.4, -0.2) is 48.9 Å². The molecule has 1 atom stereocenters. The van der Waals surface area contributed by atoms with E-state index >= 15 is 0 Å². The maximum Gasteiger partial charge on any atom is 0.0924 e. The monoisotopic (exact) mass is 288 g/mol. The van der Waals surface area contributed by atoms with Crippen LogP contribution in [0.5, 0.6) is 0 Å². The molecule has 1 aliphatic rings. The van der Waals surface area contributed by atoms with Gasteiger partial charge in [0.1, 0.15) is 0 Å². The van der Waals surface area contributed by atoms with E-state index in [0.29, 0.717) is 12.0 Å². The summed E-state index contributed by atoms with van der Waals surface area (Å²) in [5.41, 5.74) is 7.21. The molecule has 0 spiro atoms. The van der Waals surface area contributed by atoms with Crippen molar-refractivity contribution in [3.63, 3.8) is 0 Å². The van der Waals surface area contributed by atoms with Crippen molar-refractivity contribution < 1.29 is 0 Å². The average Bonchev–Trinajstić information content (AvgIpc) is 2.40. The normalized spacial score (nSPS) is 18.5. The quantitative estimate of drug-likeness (QED) is 0.598. The first-order valence-electron chi connectivity index (χ1n) is 7.70. The summed E-state index contributed by atoms with van der Waals surface area (Å²) >= 11 is 0. The Morgan fingerprint density at radius 3 is 2.29 bits per heavy atom. The van der Waals surface area contributed by atoms with Crippen LogP contribution < -0.4 is 5.73 Å². The summed E-state index contributed by atoms with van der Waals surface area (Å²) in [5.74, 6) is 0.253. The van der Waals surface area contributed by atoms with Crippen molar-refractivity contribution in [2.75, 3.05) is 27.7 Å². The van der Waals surface area contributed by atoms with Gasteiger partial charge in [-0.3, -0.25) is 10.3 Å². The molecular weight excluding hydrogens is 260 g/mol. The molecule has 2 rings (SSSR count). The molecule has 21 heavy (non-hydrogen) atoms. The number of rotatable bonds is 7. The van der Waals surface area contributed by atoms with Crippen molar-refractivity contribution in [2.24, 2.45) is 5.73 Å². The minimum Gasteiger partial charge on any atom is -0.388 e. The molecule has 0 bridgehead atoms. The molecule has 0 amide bonds. The van der Waals surface area contributed by atoms with Crippen molar-refractivity contribution in [1.82, 2.24) is 9.80 Å². The second kappa shape index (κ2) is 6.58. The molecule has 4 nitrogen and oxygen atoms in total. The van der Waals surface area contributed by atoms with Gasteiger partial charge in [0.15, 0.2) is 0 Å². The van der Waals surface area contributed by atoms with Crippen molar-refractivity contribution in [1.29, 1.82) is 5.41 Å². The first-order chi connectivity index (χ1) is 9.94. The summed E-state index contributed by atoms with van der Waals surface area (Å²) in [6.45, 7) is 1.02. The maximum atomic E-state index is 7.68. The standard InChI is InChI=1S/C17H28N4/c1-20(2)17(10-7-11-17)13-21(3)15(12-16(18)19)14-8-5-4-6-9-14/h4-6,8-9,15H,7,10-13H2,1-3H3,(H3,18,19). The first-order valence-corrected chi connectivity index (χ1v) is 7.70. The van der Waals surface area contributed by atoms with Crippen molar-refractivity contribution in [3.05, 3.63) is 35.9 Å². The Bertz CT molecular complexity index is 465. The molecule has 1 fully saturated rings. The molecule has 116 valence electrons. The van der Waals surface area contributed by atoms with Crippen LogP contribution in [0.4, 0.5) is 0 Å². The summed E-state index contributed by atoms with van der Waals surface area (Å²) < 4.78 is 0. The third kappa shape index (κ3) is 3.63. The van der Waals surface area contributed by atoms with Crippen LogP contribution in [0, 0.1) is 5.41 Å². The lowest BCUT2D eigenvalue weighted by atomic mass is 9.75. The van der Waals surface area contributed by atoms with Crippen molar-refractivity contribution in [2.45, 2.75) is 37.3 Å². The lowest BCUT2D eigenvalue weighted by Crippen LogP contribution is -2.57. The van der Waals surface area contributed by atoms with Gasteiger partial charge in [0.25, 0.3) is 0 Å². The highest BCUT2D eigenvalue weighted by atomic mass is 15.2. The lowest BCUT2D eigenvalue weighted by molar-refractivity contribution is 0.0165. The highest BCUT2D eigenvalue weighted by molar-refractivity contribution is 5.77. The zero-order valence-electron chi connectivity index (χ0n) is 13.5. The van der Waals surface area contributed by atoms with Gasteiger partial charge >= 0.3 is 0 Å². The summed E-state index contributed by atoms with van der Waals surface area (Å²) in [4.78, 5) is 4.73. The van der Waals surface area contributed by atoms with Crippen LogP contribution in [0.2, 0.25) is 0 Å². The molecule has 1 aromatic rings. The Morgan fingerprint density at radius 2 is 1.86 bits per heavy atom. The van der Waals surface area contributed by atoms with Crippen LogP contribution >= 0.6 is 0 Å². The fourth-order valence-electron chi connectivity index (χ4n) is 3.32. The molecule has 1 saturated carbocycles. The van der Waals surface area contributed by atoms with Gasteiger partial charge < -0.3 is 10.6 Å². The van der Waals surface area contributed by atoms with E-state index < -0.39 is 0 Å². The molecule has 0 saturated heterocycles. The number of nitrogens with two attached hydrogens (primary N) is 1. The predicted octanol–water partition coefficient (Wildman–Crippen LogP) is 2.47. The number of amidine groups is 1. The highest BCUT2D eigenvalue weighted by Gasteiger charge is 2.40. The Balaban J connectivity index is 2.15. The number of benzene rings is 1. The van der Waals surface area contributed by atoms with E-state index in [1.807, 2.05) is 6.07 Å². The van der Waals surface area contributed by atoms with E-state index in [1.165, 1.54) is 24.8 Å². The van der Waals surface area contributed by atoms with E-state index in [2.05, 4.69) is 55.2 Å². The van der Waals surface area contributed by atoms with Crippen LogP contribution in [0.3, 0.4) is 0 Å². The van der Waals surface area contributed by atoms with Gasteiger partial charge in [0.05, 0.1) is 5.84 Å². The topological polar surface area (TPSA) is 56.4 Å². The largest absolute Gasteiger partial charge is 0.388 e. The van der Waals surface area contributed by atoms with Gasteiger partial charge in [-0.25, -0.2) is 0 Å². The minimum absolute atomic E-state index is 0.182. The van der Waals surface area contributed by atoms with Crippen LogP contribution in [0.1, 0.15) is 37.3 Å². The fourth-order valence-corrected chi connectivity index (χ4v) is 3.32. The number of nitrogens with zero attached hydrogens (tertiary/aromatic N) is 2. The van der Waals surface area contributed by atoms with Gasteiger partial charge in [-0.05, 0) is 46.0 Å². The molecule has 1 aromatic carbocycles. The van der Waals surface area contributed by atoms with Crippen LogP contribution in [0.15, 0.2) is 30.3 Å². The highest BCUT2D eigenvalue weighted by Crippen LogP contribution is 2.38. The van der Waals surface area contributed by atoms with E-state index in [4.69, 9.17) is 11.1 Å². The molecule has 0 radical (unpaired) electrons. The first kappa shape index (κ1) is 16.0. The number of hydrogen-bond donors (Lipinski definition) is 2. The Labute approximate surface area is 128 Å². The fraction of sp³-hybridized carbons (Fsp3) is 0.588. The Morgan fingerprint density at radius 1 is 1.24 bits per heavy atom. The molecule has 4 heteroatoms. The third-order valence-corrected chi connectivity index (χ3v) is 4.91. The minimum atomic E-state index is 0.182. The molecule has 1 aliphatic carbocycles. The Kier molecular flexibility index (Phi) is 5.01. The van der Waals surface area contributed by atoms with Crippen LogP contribution in [0.25, 0.3) is 0 Å². The zero-order chi connectivity index (χ0) is 15.5. The zero-order valence-corrected chi connectivity index (χ0v) is 13.5. The molecule has 3 N–H and O–H groups in total. The van der Waals surface area contributed by atoms with Crippen molar-refractivity contribution in [3.8, 4) is 0 Å². The van der Waals surface area contributed by atoms with E-state index in [9.17, 15) is 0 Å². The number of nitrogens with one attached hydrogen (secondary N) is 1. The Hall–Kier alpha value is -1.39. The smallest absolute Gasteiger partial charge is 0.0924 e. The molecule has 1 unspecified atom stereocenters. The summed E-state index contributed by atoms with van der Waals surface area (Å²) in [5, 5.41) is 7.68. The molecule has 0 aliphatic heterocycles. The van der Waals surface area contributed by atoms with Crippen LogP contribution in [-0.2, 0) is 0 Å². The summed E-state index contributed by atoms with van der Waals surface area (Å²) in [6.07, 6.45) is 4.41. The van der Waals surface area contributed by atoms with Gasteiger partial charge in [-0.2, -0.15) is 0 Å². The predicted molar refractivity (Wildman–Crippen MR) is 88.6 cm³/mol. The number of hydrogen-bond acceptors (Lipinski definition) is 3. The van der Waals surface area contributed by atoms with E-state index in [0.717, 1.165) is 6.54 Å². The SMILES string of the molecule is CN(CC1(N(C)C)CCC1)C(CC(=N)N)c1ccccc1. The summed E-state index contributed by atoms with van der Waals surface area (Å²) in [7, 11) is 6.51. The van der Waals surface area contributed by atoms with Gasteiger partial charge in [0, 0.05) is 24.5 Å². The van der Waals surface area contributed by atoms with Gasteiger partial charge in [-0.15, -0.1) is 0 Å². The van der Waals surface area contributed by atoms with E-state index in [-0.39, 0.29) is 11.9 Å². The second-order valence-corrected chi connectivity index (χ2v) is 6.54. The van der Waals surface area contributed by atoms with Gasteiger partial charge in [-0.1, -0.05) is 30.3 Å². The maximum absolute atomic E-state index is 7.68. The molecule has 0 aromatic heterocycles. The third-order valence-electron chi connectivity index (χ3n) is 4.91. The molecular formula is C17H28N4.